The van der Waals surface area contributed by atoms with Crippen LogP contribution >= 0.6 is 12.6 Å². The van der Waals surface area contributed by atoms with Crippen LogP contribution < -0.4 is 0 Å². The molecule has 16 heavy (non-hydrogen) atoms. The molecule has 1 nitrogen and oxygen atoms in total. The maximum Gasteiger partial charge on any atom is 0.0883 e. The summed E-state index contributed by atoms with van der Waals surface area (Å²) < 4.78 is 0. The average Bonchev–Trinajstić information content (AvgIpc) is 2.14. The molecule has 0 saturated carbocycles. The largest absolute Gasteiger partial charge is 0.388 e. The zero-order valence-corrected chi connectivity index (χ0v) is 11.7. The Labute approximate surface area is 104 Å². The lowest BCUT2D eigenvalue weighted by atomic mass is 9.83. The molecule has 1 aromatic rings. The smallest absolute Gasteiger partial charge is 0.0883 e. The Bertz CT molecular complexity index is 354. The fourth-order valence-corrected chi connectivity index (χ4v) is 2.21. The molecule has 1 aromatic carbocycles. The van der Waals surface area contributed by atoms with E-state index in [1.807, 2.05) is 0 Å². The van der Waals surface area contributed by atoms with Crippen molar-refractivity contribution < 1.29 is 5.11 Å². The van der Waals surface area contributed by atoms with Crippen LogP contribution in [0.1, 0.15) is 49.1 Å². The van der Waals surface area contributed by atoms with Gasteiger partial charge in [-0.2, -0.15) is 12.6 Å². The molecule has 2 heteroatoms. The molecular weight excluding hydrogens is 216 g/mol. The zero-order chi connectivity index (χ0) is 12.5. The van der Waals surface area contributed by atoms with Crippen LogP contribution in [-0.2, 0) is 5.41 Å². The molecule has 90 valence electrons. The standard InChI is InChI=1S/C14H22OS/c1-9-6-11(14(3,4)5)7-10(2)13(9)12(15)8-16/h6-7,12,15-16H,8H2,1-5H3. The lowest BCUT2D eigenvalue weighted by Crippen LogP contribution is -2.14. The van der Waals surface area contributed by atoms with E-state index in [-0.39, 0.29) is 5.41 Å². The molecule has 0 heterocycles. The molecule has 0 fully saturated rings. The monoisotopic (exact) mass is 238 g/mol. The first kappa shape index (κ1) is 13.6. The maximum atomic E-state index is 9.91. The van der Waals surface area contributed by atoms with Crippen molar-refractivity contribution in [3.8, 4) is 0 Å². The highest BCUT2D eigenvalue weighted by Gasteiger charge is 2.18. The minimum atomic E-state index is -0.461. The molecule has 1 atom stereocenters. The second-order valence-electron chi connectivity index (χ2n) is 5.47. The highest BCUT2D eigenvalue weighted by molar-refractivity contribution is 7.80. The summed E-state index contributed by atoms with van der Waals surface area (Å²) in [5.41, 5.74) is 4.82. The molecule has 0 aliphatic heterocycles. The summed E-state index contributed by atoms with van der Waals surface area (Å²) in [5.74, 6) is 0.469. The van der Waals surface area contributed by atoms with E-state index in [1.165, 1.54) is 5.56 Å². The predicted octanol–water partition coefficient (Wildman–Crippen LogP) is 3.56. The topological polar surface area (TPSA) is 20.2 Å². The van der Waals surface area contributed by atoms with Crippen LogP contribution in [0.15, 0.2) is 12.1 Å². The van der Waals surface area contributed by atoms with Gasteiger partial charge in [-0.15, -0.1) is 0 Å². The van der Waals surface area contributed by atoms with E-state index in [0.717, 1.165) is 16.7 Å². The Morgan fingerprint density at radius 1 is 1.19 bits per heavy atom. The van der Waals surface area contributed by atoms with E-state index in [2.05, 4.69) is 59.4 Å². The molecular formula is C14H22OS. The van der Waals surface area contributed by atoms with E-state index in [9.17, 15) is 5.11 Å². The number of hydrogen-bond acceptors (Lipinski definition) is 2. The van der Waals surface area contributed by atoms with E-state index in [4.69, 9.17) is 0 Å². The number of thiol groups is 1. The van der Waals surface area contributed by atoms with Crippen molar-refractivity contribution in [1.82, 2.24) is 0 Å². The minimum absolute atomic E-state index is 0.153. The van der Waals surface area contributed by atoms with Gasteiger partial charge in [0.15, 0.2) is 0 Å². The van der Waals surface area contributed by atoms with Crippen molar-refractivity contribution in [3.63, 3.8) is 0 Å². The summed E-state index contributed by atoms with van der Waals surface area (Å²) >= 11 is 4.15. The van der Waals surface area contributed by atoms with Gasteiger partial charge in [-0.3, -0.25) is 0 Å². The van der Waals surface area contributed by atoms with Crippen LogP contribution in [0.5, 0.6) is 0 Å². The van der Waals surface area contributed by atoms with Gasteiger partial charge in [0.05, 0.1) is 6.10 Å². The average molecular weight is 238 g/mol. The summed E-state index contributed by atoms with van der Waals surface area (Å²) in [6.45, 7) is 10.7. The number of hydrogen-bond donors (Lipinski definition) is 2. The second-order valence-corrected chi connectivity index (χ2v) is 5.84. The van der Waals surface area contributed by atoms with E-state index < -0.39 is 6.10 Å². The van der Waals surface area contributed by atoms with Crippen molar-refractivity contribution in [1.29, 1.82) is 0 Å². The molecule has 0 radical (unpaired) electrons. The first-order chi connectivity index (χ1) is 7.27. The van der Waals surface area contributed by atoms with Gasteiger partial charge >= 0.3 is 0 Å². The third-order valence-electron chi connectivity index (χ3n) is 2.97. The van der Waals surface area contributed by atoms with Crippen LogP contribution in [-0.4, -0.2) is 10.9 Å². The molecule has 0 saturated heterocycles. The number of aliphatic hydroxyl groups is 1. The van der Waals surface area contributed by atoms with Gasteiger partial charge in [0, 0.05) is 5.75 Å². The number of rotatable bonds is 2. The molecule has 0 aliphatic carbocycles. The van der Waals surface area contributed by atoms with Crippen molar-refractivity contribution >= 4 is 12.6 Å². The minimum Gasteiger partial charge on any atom is -0.388 e. The summed E-state index contributed by atoms with van der Waals surface area (Å²) in [7, 11) is 0. The Morgan fingerprint density at radius 2 is 1.62 bits per heavy atom. The molecule has 1 unspecified atom stereocenters. The van der Waals surface area contributed by atoms with Crippen LogP contribution in [0.4, 0.5) is 0 Å². The Balaban J connectivity index is 3.28. The first-order valence-corrected chi connectivity index (χ1v) is 6.31. The first-order valence-electron chi connectivity index (χ1n) is 5.68. The van der Waals surface area contributed by atoms with E-state index in [1.54, 1.807) is 0 Å². The lowest BCUT2D eigenvalue weighted by molar-refractivity contribution is 0.203. The summed E-state index contributed by atoms with van der Waals surface area (Å²) in [6.07, 6.45) is -0.461. The summed E-state index contributed by atoms with van der Waals surface area (Å²) in [5, 5.41) is 9.91. The van der Waals surface area contributed by atoms with E-state index >= 15 is 0 Å². The fraction of sp³-hybridized carbons (Fsp3) is 0.571. The molecule has 1 N–H and O–H groups in total. The van der Waals surface area contributed by atoms with Crippen molar-refractivity contribution in [3.05, 3.63) is 34.4 Å². The van der Waals surface area contributed by atoms with Gasteiger partial charge in [0.1, 0.15) is 0 Å². The highest BCUT2D eigenvalue weighted by atomic mass is 32.1. The van der Waals surface area contributed by atoms with Gasteiger partial charge in [-0.05, 0) is 41.5 Å². The van der Waals surface area contributed by atoms with Crippen LogP contribution in [0.3, 0.4) is 0 Å². The maximum absolute atomic E-state index is 9.91. The normalized spacial score (nSPS) is 13.9. The lowest BCUT2D eigenvalue weighted by Gasteiger charge is -2.23. The molecule has 0 spiro atoms. The number of aliphatic hydroxyl groups excluding tert-OH is 1. The zero-order valence-electron chi connectivity index (χ0n) is 10.8. The summed E-state index contributed by atoms with van der Waals surface area (Å²) in [6, 6.07) is 4.35. The molecule has 0 aromatic heterocycles. The van der Waals surface area contributed by atoms with Crippen LogP contribution in [0.2, 0.25) is 0 Å². The Kier molecular flexibility index (Phi) is 4.08. The van der Waals surface area contributed by atoms with Gasteiger partial charge in [0.2, 0.25) is 0 Å². The third kappa shape index (κ3) is 2.80. The summed E-state index contributed by atoms with van der Waals surface area (Å²) in [4.78, 5) is 0. The van der Waals surface area contributed by atoms with Crippen molar-refractivity contribution in [2.75, 3.05) is 5.75 Å². The third-order valence-corrected chi connectivity index (χ3v) is 3.31. The van der Waals surface area contributed by atoms with Crippen molar-refractivity contribution in [2.45, 2.75) is 46.1 Å². The molecule has 1 rings (SSSR count). The molecule has 0 amide bonds. The van der Waals surface area contributed by atoms with E-state index in [0.29, 0.717) is 5.75 Å². The molecule has 0 bridgehead atoms. The Hall–Kier alpha value is -0.470. The SMILES string of the molecule is Cc1cc(C(C)(C)C)cc(C)c1C(O)CS. The fourth-order valence-electron chi connectivity index (χ4n) is 2.02. The van der Waals surface area contributed by atoms with Gasteiger partial charge < -0.3 is 5.11 Å². The quantitative estimate of drug-likeness (QED) is 0.755. The second kappa shape index (κ2) is 4.80. The predicted molar refractivity (Wildman–Crippen MR) is 73.4 cm³/mol. The molecule has 0 aliphatic rings. The van der Waals surface area contributed by atoms with Gasteiger partial charge in [-0.1, -0.05) is 32.9 Å². The van der Waals surface area contributed by atoms with Gasteiger partial charge in [0.25, 0.3) is 0 Å². The van der Waals surface area contributed by atoms with Crippen LogP contribution in [0, 0.1) is 13.8 Å². The highest BCUT2D eigenvalue weighted by Crippen LogP contribution is 2.30. The number of benzene rings is 1. The number of aryl methyl sites for hydroxylation is 2. The van der Waals surface area contributed by atoms with Gasteiger partial charge in [-0.25, -0.2) is 0 Å². The Morgan fingerprint density at radius 3 is 1.94 bits per heavy atom. The van der Waals surface area contributed by atoms with Crippen molar-refractivity contribution in [2.24, 2.45) is 0 Å². The van der Waals surface area contributed by atoms with Crippen LogP contribution in [0.25, 0.3) is 0 Å².